The molecule has 164 valence electrons. The second-order valence-corrected chi connectivity index (χ2v) is 10.5. The number of benzene rings is 2. The van der Waals surface area contributed by atoms with Crippen LogP contribution in [0.4, 0.5) is 10.8 Å². The standard InChI is InChI=1S/C20H22N4O4S3/c1-3-13-29-20-23-22-19(30-20)21-18(25)14-24(15-7-5-4-6-8-15)31(26,27)17-11-9-16(28-2)10-12-17/h4-12H,3,13-14H2,1-2H3,(H,21,22,25). The number of aromatic nitrogens is 2. The van der Waals surface area contributed by atoms with Crippen molar-refractivity contribution in [2.45, 2.75) is 22.6 Å². The van der Waals surface area contributed by atoms with Crippen molar-refractivity contribution in [2.75, 3.05) is 29.0 Å². The number of carbonyl (C=O) groups is 1. The lowest BCUT2D eigenvalue weighted by atomic mass is 10.3. The van der Waals surface area contributed by atoms with Gasteiger partial charge in [0.05, 0.1) is 17.7 Å². The highest BCUT2D eigenvalue weighted by Crippen LogP contribution is 2.27. The van der Waals surface area contributed by atoms with Crippen molar-refractivity contribution in [3.05, 3.63) is 54.6 Å². The van der Waals surface area contributed by atoms with Crippen molar-refractivity contribution in [3.8, 4) is 5.75 Å². The molecule has 0 aliphatic heterocycles. The second kappa shape index (κ2) is 10.6. The van der Waals surface area contributed by atoms with E-state index in [0.717, 1.165) is 20.8 Å². The van der Waals surface area contributed by atoms with Crippen molar-refractivity contribution in [2.24, 2.45) is 0 Å². The fraction of sp³-hybridized carbons (Fsp3) is 0.250. The molecule has 2 aromatic carbocycles. The Bertz CT molecular complexity index is 1100. The third-order valence-corrected chi connectivity index (χ3v) is 8.03. The molecule has 0 aliphatic rings. The molecular formula is C20H22N4O4S3. The molecule has 0 fully saturated rings. The molecular weight excluding hydrogens is 456 g/mol. The van der Waals surface area contributed by atoms with Gasteiger partial charge in [0.15, 0.2) is 4.34 Å². The molecule has 3 rings (SSSR count). The third-order valence-electron chi connectivity index (χ3n) is 4.06. The van der Waals surface area contributed by atoms with E-state index in [1.165, 1.54) is 30.6 Å². The summed E-state index contributed by atoms with van der Waals surface area (Å²) < 4.78 is 33.6. The van der Waals surface area contributed by atoms with Crippen LogP contribution in [0.15, 0.2) is 63.8 Å². The predicted molar refractivity (Wildman–Crippen MR) is 124 cm³/mol. The highest BCUT2D eigenvalue weighted by Gasteiger charge is 2.27. The van der Waals surface area contributed by atoms with Gasteiger partial charge in [-0.1, -0.05) is 48.2 Å². The second-order valence-electron chi connectivity index (χ2n) is 6.29. The first-order valence-electron chi connectivity index (χ1n) is 9.42. The Morgan fingerprint density at radius 1 is 1.13 bits per heavy atom. The number of amides is 1. The van der Waals surface area contributed by atoms with E-state index in [0.29, 0.717) is 16.6 Å². The minimum Gasteiger partial charge on any atom is -0.497 e. The zero-order valence-electron chi connectivity index (χ0n) is 17.0. The molecule has 0 saturated carbocycles. The zero-order valence-corrected chi connectivity index (χ0v) is 19.5. The molecule has 3 aromatic rings. The molecule has 31 heavy (non-hydrogen) atoms. The van der Waals surface area contributed by atoms with Gasteiger partial charge in [0.2, 0.25) is 11.0 Å². The van der Waals surface area contributed by atoms with E-state index < -0.39 is 22.5 Å². The third kappa shape index (κ3) is 5.96. The summed E-state index contributed by atoms with van der Waals surface area (Å²) in [6.07, 6.45) is 1.00. The van der Waals surface area contributed by atoms with Crippen molar-refractivity contribution < 1.29 is 17.9 Å². The Morgan fingerprint density at radius 2 is 1.84 bits per heavy atom. The van der Waals surface area contributed by atoms with Crippen molar-refractivity contribution >= 4 is 49.8 Å². The number of hydrogen-bond donors (Lipinski definition) is 1. The van der Waals surface area contributed by atoms with Crippen molar-refractivity contribution in [1.29, 1.82) is 0 Å². The summed E-state index contributed by atoms with van der Waals surface area (Å²) in [5.74, 6) is 0.935. The van der Waals surface area contributed by atoms with E-state index in [9.17, 15) is 13.2 Å². The fourth-order valence-corrected chi connectivity index (χ4v) is 5.70. The van der Waals surface area contributed by atoms with E-state index in [1.54, 1.807) is 54.2 Å². The van der Waals surface area contributed by atoms with Crippen LogP contribution >= 0.6 is 23.1 Å². The lowest BCUT2D eigenvalue weighted by Crippen LogP contribution is -2.38. The van der Waals surface area contributed by atoms with Crippen molar-refractivity contribution in [3.63, 3.8) is 0 Å². The fourth-order valence-electron chi connectivity index (χ4n) is 2.58. The maximum Gasteiger partial charge on any atom is 0.264 e. The van der Waals surface area contributed by atoms with E-state index in [-0.39, 0.29) is 4.90 Å². The Labute approximate surface area is 189 Å². The number of anilines is 2. The zero-order chi connectivity index (χ0) is 22.3. The molecule has 1 aromatic heterocycles. The molecule has 0 spiro atoms. The SMILES string of the molecule is CCCSc1nnc(NC(=O)CN(c2ccccc2)S(=O)(=O)c2ccc(OC)cc2)s1. The van der Waals surface area contributed by atoms with Gasteiger partial charge in [-0.15, -0.1) is 10.2 Å². The molecule has 1 amide bonds. The number of para-hydroxylation sites is 1. The number of ether oxygens (including phenoxy) is 1. The quantitative estimate of drug-likeness (QED) is 0.348. The largest absolute Gasteiger partial charge is 0.497 e. The normalized spacial score (nSPS) is 11.2. The molecule has 0 unspecified atom stereocenters. The van der Waals surface area contributed by atoms with Crippen LogP contribution in [0, 0.1) is 0 Å². The van der Waals surface area contributed by atoms with Crippen LogP contribution in [0.3, 0.4) is 0 Å². The van der Waals surface area contributed by atoms with Gasteiger partial charge in [-0.3, -0.25) is 14.4 Å². The Balaban J connectivity index is 1.82. The Morgan fingerprint density at radius 3 is 2.48 bits per heavy atom. The first-order chi connectivity index (χ1) is 14.9. The van der Waals surface area contributed by atoms with E-state index in [2.05, 4.69) is 22.4 Å². The van der Waals surface area contributed by atoms with Gasteiger partial charge in [0.1, 0.15) is 12.3 Å². The minimum atomic E-state index is -3.99. The molecule has 0 aliphatic carbocycles. The van der Waals surface area contributed by atoms with Gasteiger partial charge in [-0.05, 0) is 42.8 Å². The Kier molecular flexibility index (Phi) is 7.88. The number of methoxy groups -OCH3 is 1. The summed E-state index contributed by atoms with van der Waals surface area (Å²) in [7, 11) is -2.49. The van der Waals surface area contributed by atoms with Crippen LogP contribution in [0.1, 0.15) is 13.3 Å². The van der Waals surface area contributed by atoms with E-state index in [4.69, 9.17) is 4.74 Å². The summed E-state index contributed by atoms with van der Waals surface area (Å²) in [6.45, 7) is 1.66. The van der Waals surface area contributed by atoms with Crippen molar-refractivity contribution in [1.82, 2.24) is 10.2 Å². The van der Waals surface area contributed by atoms with Crippen LogP contribution in [0.5, 0.6) is 5.75 Å². The summed E-state index contributed by atoms with van der Waals surface area (Å²) in [5, 5.41) is 11.0. The summed E-state index contributed by atoms with van der Waals surface area (Å²) in [6, 6.07) is 14.5. The average molecular weight is 479 g/mol. The molecule has 0 radical (unpaired) electrons. The van der Waals surface area contributed by atoms with Gasteiger partial charge < -0.3 is 4.74 Å². The highest BCUT2D eigenvalue weighted by molar-refractivity contribution is 8.01. The van der Waals surface area contributed by atoms with Crippen LogP contribution in [-0.4, -0.2) is 43.9 Å². The molecule has 1 N–H and O–H groups in total. The van der Waals surface area contributed by atoms with Crippen LogP contribution in [0.2, 0.25) is 0 Å². The molecule has 0 atom stereocenters. The average Bonchev–Trinajstić information content (AvgIpc) is 3.23. The minimum absolute atomic E-state index is 0.0547. The molecule has 11 heteroatoms. The molecule has 0 bridgehead atoms. The van der Waals surface area contributed by atoms with Gasteiger partial charge in [0.25, 0.3) is 10.0 Å². The molecule has 1 heterocycles. The number of nitrogens with one attached hydrogen (secondary N) is 1. The van der Waals surface area contributed by atoms with Crippen LogP contribution in [-0.2, 0) is 14.8 Å². The monoisotopic (exact) mass is 478 g/mol. The topological polar surface area (TPSA) is 101 Å². The smallest absolute Gasteiger partial charge is 0.264 e. The summed E-state index contributed by atoms with van der Waals surface area (Å²) in [5.41, 5.74) is 0.380. The van der Waals surface area contributed by atoms with Gasteiger partial charge in [-0.25, -0.2) is 8.42 Å². The van der Waals surface area contributed by atoms with E-state index >= 15 is 0 Å². The highest BCUT2D eigenvalue weighted by atomic mass is 32.2. The number of hydrogen-bond acceptors (Lipinski definition) is 8. The molecule has 8 nitrogen and oxygen atoms in total. The number of nitrogens with zero attached hydrogens (tertiary/aromatic N) is 3. The molecule has 0 saturated heterocycles. The number of sulfonamides is 1. The van der Waals surface area contributed by atoms with E-state index in [1.807, 2.05) is 0 Å². The summed E-state index contributed by atoms with van der Waals surface area (Å²) in [4.78, 5) is 12.7. The van der Waals surface area contributed by atoms with Crippen LogP contribution < -0.4 is 14.4 Å². The van der Waals surface area contributed by atoms with Gasteiger partial charge >= 0.3 is 0 Å². The number of carbonyl (C=O) groups excluding carboxylic acids is 1. The summed E-state index contributed by atoms with van der Waals surface area (Å²) >= 11 is 2.82. The lowest BCUT2D eigenvalue weighted by Gasteiger charge is -2.23. The Hall–Kier alpha value is -2.63. The van der Waals surface area contributed by atoms with Gasteiger partial charge in [-0.2, -0.15) is 0 Å². The maximum absolute atomic E-state index is 13.3. The predicted octanol–water partition coefficient (Wildman–Crippen LogP) is 3.88. The maximum atomic E-state index is 13.3. The number of thioether (sulfide) groups is 1. The van der Waals surface area contributed by atoms with Gasteiger partial charge in [0, 0.05) is 5.75 Å². The first-order valence-corrected chi connectivity index (χ1v) is 12.7. The number of rotatable bonds is 10. The lowest BCUT2D eigenvalue weighted by molar-refractivity contribution is -0.114. The van der Waals surface area contributed by atoms with Crippen LogP contribution in [0.25, 0.3) is 0 Å². The first kappa shape index (κ1) is 23.0.